The van der Waals surface area contributed by atoms with Crippen LogP contribution in [0.3, 0.4) is 0 Å². The largest absolute Gasteiger partial charge is 0.468 e. The second-order valence-corrected chi connectivity index (χ2v) is 1.36. The summed E-state index contributed by atoms with van der Waals surface area (Å²) in [4.78, 5) is 0. The smallest absolute Gasteiger partial charge is 0.303 e. The molecule has 0 amide bonds. The minimum Gasteiger partial charge on any atom is -0.468 e. The first kappa shape index (κ1) is 5.70. The second kappa shape index (κ2) is 2.23. The Morgan fingerprint density at radius 1 is 1.89 bits per heavy atom. The molecule has 0 fully saturated rings. The number of nitriles is 1. The van der Waals surface area contributed by atoms with E-state index in [-0.39, 0.29) is 5.95 Å². The lowest BCUT2D eigenvalue weighted by molar-refractivity contribution is 0.304. The van der Waals surface area contributed by atoms with Crippen molar-refractivity contribution in [3.63, 3.8) is 0 Å². The van der Waals surface area contributed by atoms with Crippen LogP contribution in [-0.2, 0) is 0 Å². The van der Waals surface area contributed by atoms with Gasteiger partial charge in [-0.2, -0.15) is 5.26 Å². The van der Waals surface area contributed by atoms with Gasteiger partial charge in [0.05, 0.1) is 7.11 Å². The lowest BCUT2D eigenvalue weighted by Crippen LogP contribution is -1.80. The summed E-state index contributed by atoms with van der Waals surface area (Å²) in [5.74, 6) is 0.220. The van der Waals surface area contributed by atoms with Crippen molar-refractivity contribution in [2.24, 2.45) is 0 Å². The topological polar surface area (TPSA) is 46.2 Å². The zero-order valence-corrected chi connectivity index (χ0v) is 4.84. The maximum absolute atomic E-state index is 8.32. The number of ether oxygens (including phenoxy) is 1. The van der Waals surface area contributed by atoms with Crippen LogP contribution in [0.4, 0.5) is 0 Å². The molecule has 1 heterocycles. The first-order valence-electron chi connectivity index (χ1n) is 2.31. The highest BCUT2D eigenvalue weighted by Crippen LogP contribution is 2.15. The first-order valence-corrected chi connectivity index (χ1v) is 2.31. The highest BCUT2D eigenvalue weighted by atomic mass is 16.6. The van der Waals surface area contributed by atoms with E-state index >= 15 is 0 Å². The Morgan fingerprint density at radius 3 is 3.11 bits per heavy atom. The van der Waals surface area contributed by atoms with Crippen molar-refractivity contribution in [1.29, 1.82) is 5.26 Å². The molecule has 45 valence electrons. The highest BCUT2D eigenvalue weighted by molar-refractivity contribution is 5.33. The fourth-order valence-electron chi connectivity index (χ4n) is 0.488. The molecule has 0 aliphatic rings. The molecule has 0 saturated heterocycles. The Kier molecular flexibility index (Phi) is 1.41. The number of hydrogen-bond acceptors (Lipinski definition) is 3. The van der Waals surface area contributed by atoms with E-state index in [1.165, 1.54) is 13.4 Å². The summed E-state index contributed by atoms with van der Waals surface area (Å²) < 4.78 is 9.36. The molecule has 1 aromatic heterocycles. The summed E-state index contributed by atoms with van der Waals surface area (Å²) in [6.07, 6.45) is 1.29. The Hall–Kier alpha value is -1.43. The van der Waals surface area contributed by atoms with Crippen LogP contribution in [0.15, 0.2) is 10.7 Å². The molecule has 1 radical (unpaired) electrons. The quantitative estimate of drug-likeness (QED) is 0.557. The van der Waals surface area contributed by atoms with Crippen LogP contribution < -0.4 is 4.74 Å². The van der Waals surface area contributed by atoms with Gasteiger partial charge in [0.25, 0.3) is 0 Å². The molecule has 0 aliphatic heterocycles. The molecule has 1 aromatic rings. The van der Waals surface area contributed by atoms with Crippen LogP contribution in [0.2, 0.25) is 0 Å². The van der Waals surface area contributed by atoms with Crippen molar-refractivity contribution in [3.8, 4) is 12.0 Å². The molecular weight excluding hydrogens is 118 g/mol. The summed E-state index contributed by atoms with van der Waals surface area (Å²) in [6, 6.07) is 4.41. The summed E-state index contributed by atoms with van der Waals surface area (Å²) in [5.41, 5.74) is 0.303. The van der Waals surface area contributed by atoms with E-state index in [1.807, 2.05) is 6.07 Å². The second-order valence-electron chi connectivity index (χ2n) is 1.36. The average molecular weight is 122 g/mol. The van der Waals surface area contributed by atoms with E-state index in [9.17, 15) is 0 Å². The Morgan fingerprint density at radius 2 is 2.67 bits per heavy atom. The minimum atomic E-state index is 0.220. The van der Waals surface area contributed by atoms with Gasteiger partial charge in [0.1, 0.15) is 17.9 Å². The zero-order chi connectivity index (χ0) is 6.69. The monoisotopic (exact) mass is 122 g/mol. The molecule has 0 spiro atoms. The lowest BCUT2D eigenvalue weighted by Gasteiger charge is -1.89. The van der Waals surface area contributed by atoms with E-state index < -0.39 is 0 Å². The van der Waals surface area contributed by atoms with Gasteiger partial charge in [0, 0.05) is 6.07 Å². The van der Waals surface area contributed by atoms with E-state index in [1.54, 1.807) is 0 Å². The number of methoxy groups -OCH3 is 1. The van der Waals surface area contributed by atoms with E-state index in [0.29, 0.717) is 5.56 Å². The van der Waals surface area contributed by atoms with E-state index in [4.69, 9.17) is 9.68 Å². The van der Waals surface area contributed by atoms with Crippen LogP contribution in [0.5, 0.6) is 5.95 Å². The highest BCUT2D eigenvalue weighted by Gasteiger charge is 2.03. The maximum atomic E-state index is 8.32. The average Bonchev–Trinajstić information content (AvgIpc) is 2.33. The van der Waals surface area contributed by atoms with Crippen LogP contribution in [0.1, 0.15) is 5.56 Å². The predicted molar refractivity (Wildman–Crippen MR) is 28.8 cm³/mol. The third-order valence-electron chi connectivity index (χ3n) is 0.871. The third kappa shape index (κ3) is 0.868. The van der Waals surface area contributed by atoms with Gasteiger partial charge in [0.2, 0.25) is 0 Å². The lowest BCUT2D eigenvalue weighted by atomic mass is 10.4. The molecular formula is C6H4NO2. The Balaban J connectivity index is 3.02. The summed E-state index contributed by atoms with van der Waals surface area (Å²) in [7, 11) is 1.44. The van der Waals surface area contributed by atoms with Gasteiger partial charge in [-0.15, -0.1) is 0 Å². The molecule has 9 heavy (non-hydrogen) atoms. The van der Waals surface area contributed by atoms with Crippen LogP contribution in [0, 0.1) is 17.4 Å². The molecule has 0 aromatic carbocycles. The molecule has 3 nitrogen and oxygen atoms in total. The van der Waals surface area contributed by atoms with Crippen LogP contribution in [-0.4, -0.2) is 7.11 Å². The predicted octanol–water partition coefficient (Wildman–Crippen LogP) is 0.960. The van der Waals surface area contributed by atoms with Gasteiger partial charge in [-0.05, 0) is 0 Å². The molecule has 0 atom stereocenters. The molecule has 0 N–H and O–H groups in total. The minimum absolute atomic E-state index is 0.220. The Labute approximate surface area is 52.5 Å². The molecule has 0 saturated carbocycles. The van der Waals surface area contributed by atoms with Gasteiger partial charge in [-0.3, -0.25) is 0 Å². The number of rotatable bonds is 1. The molecule has 1 rings (SSSR count). The third-order valence-corrected chi connectivity index (χ3v) is 0.871. The standard InChI is InChI=1S/C6H4NO2/c1-8-6-5(4-7)2-3-9-6/h3H,1H3. The van der Waals surface area contributed by atoms with Gasteiger partial charge in [-0.1, -0.05) is 0 Å². The van der Waals surface area contributed by atoms with Crippen molar-refractivity contribution >= 4 is 0 Å². The molecule has 0 unspecified atom stereocenters. The summed E-state index contributed by atoms with van der Waals surface area (Å²) in [5, 5.41) is 8.32. The maximum Gasteiger partial charge on any atom is 0.303 e. The number of nitrogens with zero attached hydrogens (tertiary/aromatic N) is 1. The fourth-order valence-corrected chi connectivity index (χ4v) is 0.488. The van der Waals surface area contributed by atoms with E-state index in [0.717, 1.165) is 0 Å². The first-order chi connectivity index (χ1) is 4.38. The van der Waals surface area contributed by atoms with Crippen molar-refractivity contribution in [2.75, 3.05) is 7.11 Å². The zero-order valence-electron chi connectivity index (χ0n) is 4.84. The molecule has 0 aliphatic carbocycles. The van der Waals surface area contributed by atoms with Gasteiger partial charge in [-0.25, -0.2) is 0 Å². The van der Waals surface area contributed by atoms with Gasteiger partial charge >= 0.3 is 5.95 Å². The normalized spacial score (nSPS) is 8.44. The van der Waals surface area contributed by atoms with Crippen molar-refractivity contribution in [1.82, 2.24) is 0 Å². The Bertz CT molecular complexity index is 233. The number of furan rings is 1. The van der Waals surface area contributed by atoms with Crippen LogP contribution >= 0.6 is 0 Å². The van der Waals surface area contributed by atoms with Crippen molar-refractivity contribution in [3.05, 3.63) is 17.9 Å². The summed E-state index contributed by atoms with van der Waals surface area (Å²) >= 11 is 0. The van der Waals surface area contributed by atoms with Crippen LogP contribution in [0.25, 0.3) is 0 Å². The van der Waals surface area contributed by atoms with Gasteiger partial charge in [0.15, 0.2) is 0 Å². The SMILES string of the molecule is COc1oc[c]c1C#N. The molecule has 3 heteroatoms. The van der Waals surface area contributed by atoms with Gasteiger partial charge < -0.3 is 9.15 Å². The molecule has 0 bridgehead atoms. The number of hydrogen-bond donors (Lipinski definition) is 0. The van der Waals surface area contributed by atoms with Crippen molar-refractivity contribution in [2.45, 2.75) is 0 Å². The fraction of sp³-hybridized carbons (Fsp3) is 0.167. The summed E-state index contributed by atoms with van der Waals surface area (Å²) in [6.45, 7) is 0. The van der Waals surface area contributed by atoms with Crippen molar-refractivity contribution < 1.29 is 9.15 Å². The van der Waals surface area contributed by atoms with E-state index in [2.05, 4.69) is 10.8 Å².